The Hall–Kier alpha value is -0.220. The standard InChI is InChI=1S/C13H25N3S/c1-4-16-7-5-6-11(8-16)14-13-15-12(9-17-13)10(2)3/h10-12H,4-9H2,1-3H3,(H,14,15)/t11?,12-/m1/s1. The summed E-state index contributed by atoms with van der Waals surface area (Å²) in [6.45, 7) is 10.4. The Balaban J connectivity index is 1.83. The van der Waals surface area contributed by atoms with Gasteiger partial charge in [0.1, 0.15) is 0 Å². The Morgan fingerprint density at radius 2 is 2.35 bits per heavy atom. The van der Waals surface area contributed by atoms with Gasteiger partial charge in [-0.05, 0) is 31.8 Å². The number of nitrogens with one attached hydrogen (secondary N) is 1. The van der Waals surface area contributed by atoms with Crippen LogP contribution in [0, 0.1) is 5.92 Å². The van der Waals surface area contributed by atoms with Gasteiger partial charge in [0.05, 0.1) is 6.04 Å². The molecule has 0 amide bonds. The van der Waals surface area contributed by atoms with E-state index in [1.54, 1.807) is 0 Å². The monoisotopic (exact) mass is 255 g/mol. The van der Waals surface area contributed by atoms with E-state index in [1.807, 2.05) is 11.8 Å². The third-order valence-electron chi connectivity index (χ3n) is 3.72. The predicted molar refractivity (Wildman–Crippen MR) is 76.8 cm³/mol. The van der Waals surface area contributed by atoms with Crippen LogP contribution in [0.5, 0.6) is 0 Å². The summed E-state index contributed by atoms with van der Waals surface area (Å²) >= 11 is 1.90. The van der Waals surface area contributed by atoms with E-state index in [0.29, 0.717) is 18.0 Å². The van der Waals surface area contributed by atoms with Crippen molar-refractivity contribution in [1.82, 2.24) is 10.2 Å². The van der Waals surface area contributed by atoms with Gasteiger partial charge in [-0.1, -0.05) is 32.5 Å². The Kier molecular flexibility index (Phi) is 4.74. The molecule has 1 N–H and O–H groups in total. The number of hydrogen-bond donors (Lipinski definition) is 1. The Bertz CT molecular complexity index is 278. The van der Waals surface area contributed by atoms with E-state index in [1.165, 1.54) is 37.6 Å². The van der Waals surface area contributed by atoms with Crippen LogP contribution in [-0.4, -0.2) is 47.5 Å². The molecule has 4 heteroatoms. The summed E-state index contributed by atoms with van der Waals surface area (Å²) in [6, 6.07) is 1.13. The molecule has 2 aliphatic rings. The molecule has 0 aromatic rings. The maximum atomic E-state index is 4.78. The van der Waals surface area contributed by atoms with Crippen LogP contribution in [0.25, 0.3) is 0 Å². The second kappa shape index (κ2) is 6.10. The number of piperidine rings is 1. The van der Waals surface area contributed by atoms with E-state index < -0.39 is 0 Å². The van der Waals surface area contributed by atoms with Gasteiger partial charge in [0, 0.05) is 18.3 Å². The Labute approximate surface area is 109 Å². The Morgan fingerprint density at radius 1 is 1.53 bits per heavy atom. The van der Waals surface area contributed by atoms with Crippen LogP contribution in [0.2, 0.25) is 0 Å². The predicted octanol–water partition coefficient (Wildman–Crippen LogP) is 2.19. The number of amidine groups is 1. The molecule has 0 saturated carbocycles. The number of likely N-dealkylation sites (N-methyl/N-ethyl adjacent to an activating group) is 1. The van der Waals surface area contributed by atoms with Gasteiger partial charge in [-0.3, -0.25) is 4.99 Å². The average Bonchev–Trinajstić information content (AvgIpc) is 2.78. The summed E-state index contributed by atoms with van der Waals surface area (Å²) in [6.07, 6.45) is 2.61. The number of aliphatic imine (C=N–C) groups is 1. The summed E-state index contributed by atoms with van der Waals surface area (Å²) < 4.78 is 0. The van der Waals surface area contributed by atoms with Gasteiger partial charge in [-0.2, -0.15) is 0 Å². The van der Waals surface area contributed by atoms with Gasteiger partial charge in [-0.25, -0.2) is 0 Å². The van der Waals surface area contributed by atoms with Crippen molar-refractivity contribution in [1.29, 1.82) is 0 Å². The molecule has 1 fully saturated rings. The van der Waals surface area contributed by atoms with Crippen molar-refractivity contribution in [2.24, 2.45) is 10.9 Å². The third-order valence-corrected chi connectivity index (χ3v) is 4.73. The zero-order valence-corrected chi connectivity index (χ0v) is 12.1. The fourth-order valence-corrected chi connectivity index (χ4v) is 3.69. The zero-order chi connectivity index (χ0) is 12.3. The second-order valence-corrected chi connectivity index (χ2v) is 6.44. The SMILES string of the molecule is CCN1CCCC(NC2=N[C@@H](C(C)C)CS2)C1. The first-order valence-corrected chi connectivity index (χ1v) is 7.87. The highest BCUT2D eigenvalue weighted by molar-refractivity contribution is 8.14. The van der Waals surface area contributed by atoms with Crippen molar-refractivity contribution in [3.05, 3.63) is 0 Å². The minimum Gasteiger partial charge on any atom is -0.361 e. The molecule has 98 valence electrons. The van der Waals surface area contributed by atoms with Gasteiger partial charge >= 0.3 is 0 Å². The van der Waals surface area contributed by atoms with Gasteiger partial charge < -0.3 is 10.2 Å². The second-order valence-electron chi connectivity index (χ2n) is 5.43. The van der Waals surface area contributed by atoms with Gasteiger partial charge in [0.15, 0.2) is 5.17 Å². The molecule has 2 atom stereocenters. The fourth-order valence-electron chi connectivity index (χ4n) is 2.45. The zero-order valence-electron chi connectivity index (χ0n) is 11.3. The number of rotatable bonds is 3. The van der Waals surface area contributed by atoms with Crippen molar-refractivity contribution < 1.29 is 0 Å². The molecule has 0 aliphatic carbocycles. The molecule has 0 bridgehead atoms. The van der Waals surface area contributed by atoms with E-state index in [2.05, 4.69) is 31.0 Å². The number of nitrogens with zero attached hydrogens (tertiary/aromatic N) is 2. The van der Waals surface area contributed by atoms with Crippen molar-refractivity contribution >= 4 is 16.9 Å². The molecule has 17 heavy (non-hydrogen) atoms. The number of thioether (sulfide) groups is 1. The summed E-state index contributed by atoms with van der Waals surface area (Å²) in [5.74, 6) is 1.82. The molecular formula is C13H25N3S. The average molecular weight is 255 g/mol. The lowest BCUT2D eigenvalue weighted by Gasteiger charge is -2.32. The normalized spacial score (nSPS) is 30.7. The topological polar surface area (TPSA) is 27.6 Å². The molecule has 2 aliphatic heterocycles. The van der Waals surface area contributed by atoms with Crippen LogP contribution in [0.15, 0.2) is 4.99 Å². The fraction of sp³-hybridized carbons (Fsp3) is 0.923. The van der Waals surface area contributed by atoms with E-state index in [4.69, 9.17) is 4.99 Å². The highest BCUT2D eigenvalue weighted by atomic mass is 32.2. The van der Waals surface area contributed by atoms with E-state index in [0.717, 1.165) is 5.75 Å². The molecule has 0 aromatic carbocycles. The summed E-state index contributed by atoms with van der Waals surface area (Å²) in [5.41, 5.74) is 0. The largest absolute Gasteiger partial charge is 0.361 e. The lowest BCUT2D eigenvalue weighted by molar-refractivity contribution is 0.210. The molecule has 1 unspecified atom stereocenters. The van der Waals surface area contributed by atoms with Crippen LogP contribution >= 0.6 is 11.8 Å². The summed E-state index contributed by atoms with van der Waals surface area (Å²) in [5, 5.41) is 4.82. The van der Waals surface area contributed by atoms with E-state index in [-0.39, 0.29) is 0 Å². The highest BCUT2D eigenvalue weighted by Crippen LogP contribution is 2.23. The quantitative estimate of drug-likeness (QED) is 0.838. The van der Waals surface area contributed by atoms with Crippen molar-refractivity contribution in [2.45, 2.75) is 45.7 Å². The van der Waals surface area contributed by atoms with E-state index >= 15 is 0 Å². The van der Waals surface area contributed by atoms with Crippen LogP contribution in [0.1, 0.15) is 33.6 Å². The summed E-state index contributed by atoms with van der Waals surface area (Å²) in [7, 11) is 0. The van der Waals surface area contributed by atoms with Gasteiger partial charge in [0.25, 0.3) is 0 Å². The van der Waals surface area contributed by atoms with Gasteiger partial charge in [-0.15, -0.1) is 0 Å². The molecule has 1 saturated heterocycles. The first kappa shape index (κ1) is 13.2. The lowest BCUT2D eigenvalue weighted by Crippen LogP contribution is -2.46. The van der Waals surface area contributed by atoms with Crippen LogP contribution in [0.3, 0.4) is 0 Å². The van der Waals surface area contributed by atoms with E-state index in [9.17, 15) is 0 Å². The maximum absolute atomic E-state index is 4.78. The number of likely N-dealkylation sites (tertiary alicyclic amines) is 1. The van der Waals surface area contributed by atoms with Crippen LogP contribution in [0.4, 0.5) is 0 Å². The minimum absolute atomic E-state index is 0.522. The third kappa shape index (κ3) is 3.62. The highest BCUT2D eigenvalue weighted by Gasteiger charge is 2.24. The molecule has 2 heterocycles. The number of hydrogen-bond acceptors (Lipinski definition) is 4. The van der Waals surface area contributed by atoms with Crippen LogP contribution < -0.4 is 5.32 Å². The minimum atomic E-state index is 0.522. The van der Waals surface area contributed by atoms with Crippen LogP contribution in [-0.2, 0) is 0 Å². The Morgan fingerprint density at radius 3 is 3.00 bits per heavy atom. The molecule has 3 nitrogen and oxygen atoms in total. The first-order valence-electron chi connectivity index (χ1n) is 6.88. The van der Waals surface area contributed by atoms with Gasteiger partial charge in [0.2, 0.25) is 0 Å². The van der Waals surface area contributed by atoms with Crippen molar-refractivity contribution in [3.8, 4) is 0 Å². The smallest absolute Gasteiger partial charge is 0.157 e. The lowest BCUT2D eigenvalue weighted by atomic mass is 10.1. The molecular weight excluding hydrogens is 230 g/mol. The molecule has 2 rings (SSSR count). The van der Waals surface area contributed by atoms with Crippen molar-refractivity contribution in [2.75, 3.05) is 25.4 Å². The van der Waals surface area contributed by atoms with Crippen molar-refractivity contribution in [3.63, 3.8) is 0 Å². The summed E-state index contributed by atoms with van der Waals surface area (Å²) in [4.78, 5) is 7.31. The first-order chi connectivity index (χ1) is 8.19. The molecule has 0 spiro atoms. The molecule has 0 aromatic heterocycles. The molecule has 0 radical (unpaired) electrons. The maximum Gasteiger partial charge on any atom is 0.157 e.